The molecule has 1 aromatic heterocycles. The number of hydrogen-bond acceptors (Lipinski definition) is 4. The predicted molar refractivity (Wildman–Crippen MR) is 81.7 cm³/mol. The van der Waals surface area contributed by atoms with Crippen LogP contribution >= 0.6 is 0 Å². The minimum Gasteiger partial charge on any atom is -0.385 e. The zero-order valence-electron chi connectivity index (χ0n) is 12.9. The van der Waals surface area contributed by atoms with Crippen LogP contribution in [0.1, 0.15) is 25.0 Å². The van der Waals surface area contributed by atoms with Crippen molar-refractivity contribution in [1.29, 1.82) is 0 Å². The van der Waals surface area contributed by atoms with Gasteiger partial charge in [-0.15, -0.1) is 0 Å². The molecule has 6 heteroatoms. The first-order valence-corrected chi connectivity index (χ1v) is 7.62. The van der Waals surface area contributed by atoms with Crippen LogP contribution in [-0.4, -0.2) is 47.8 Å². The summed E-state index contributed by atoms with van der Waals surface area (Å²) in [7, 11) is 1.73. The van der Waals surface area contributed by atoms with Crippen molar-refractivity contribution in [3.63, 3.8) is 0 Å². The summed E-state index contributed by atoms with van der Waals surface area (Å²) in [6, 6.07) is 1.47. The van der Waals surface area contributed by atoms with Crippen molar-refractivity contribution in [2.45, 2.75) is 32.7 Å². The molecule has 1 saturated heterocycles. The van der Waals surface area contributed by atoms with Gasteiger partial charge in [0.05, 0.1) is 0 Å². The molecule has 1 atom stereocenters. The van der Waals surface area contributed by atoms with E-state index in [1.54, 1.807) is 14.0 Å². The molecule has 0 radical (unpaired) electrons. The number of likely N-dealkylation sites (tertiary alicyclic amines) is 1. The number of piperidine rings is 1. The maximum atomic E-state index is 11.8. The van der Waals surface area contributed by atoms with Crippen LogP contribution in [0.15, 0.2) is 15.7 Å². The monoisotopic (exact) mass is 295 g/mol. The highest BCUT2D eigenvalue weighted by Crippen LogP contribution is 2.19. The normalized spacial score (nSPS) is 19.8. The molecular weight excluding hydrogens is 270 g/mol. The maximum absolute atomic E-state index is 11.8. The van der Waals surface area contributed by atoms with Crippen LogP contribution in [0.25, 0.3) is 0 Å². The first-order valence-electron chi connectivity index (χ1n) is 7.62. The molecule has 2 rings (SSSR count). The standard InChI is InChI=1S/C15H25N3O3/c1-12-10-14(19)18(15(20)16-12)8-7-17-6-3-4-13(11-17)5-9-21-2/h10,13H,3-9,11H2,1-2H3,(H,16,20). The molecule has 6 nitrogen and oxygen atoms in total. The number of aryl methyl sites for hydroxylation is 1. The Morgan fingerprint density at radius 3 is 2.90 bits per heavy atom. The summed E-state index contributed by atoms with van der Waals surface area (Å²) >= 11 is 0. The van der Waals surface area contributed by atoms with Gasteiger partial charge in [-0.05, 0) is 38.6 Å². The van der Waals surface area contributed by atoms with Crippen molar-refractivity contribution in [2.24, 2.45) is 5.92 Å². The molecule has 2 heterocycles. The lowest BCUT2D eigenvalue weighted by Gasteiger charge is -2.32. The third-order valence-corrected chi connectivity index (χ3v) is 4.13. The fourth-order valence-corrected chi connectivity index (χ4v) is 2.96. The summed E-state index contributed by atoms with van der Waals surface area (Å²) in [5.74, 6) is 0.659. The van der Waals surface area contributed by atoms with E-state index >= 15 is 0 Å². The molecule has 1 N–H and O–H groups in total. The fraction of sp³-hybridized carbons (Fsp3) is 0.733. The molecule has 0 aromatic carbocycles. The first kappa shape index (κ1) is 16.0. The van der Waals surface area contributed by atoms with Crippen molar-refractivity contribution in [3.05, 3.63) is 32.6 Å². The number of H-pyrrole nitrogens is 1. The number of aromatic amines is 1. The highest BCUT2D eigenvalue weighted by atomic mass is 16.5. The fourth-order valence-electron chi connectivity index (χ4n) is 2.96. The predicted octanol–water partition coefficient (Wildman–Crippen LogP) is 0.594. The van der Waals surface area contributed by atoms with Crippen LogP contribution in [0, 0.1) is 12.8 Å². The van der Waals surface area contributed by atoms with Crippen molar-refractivity contribution in [3.8, 4) is 0 Å². The van der Waals surface area contributed by atoms with Gasteiger partial charge in [0, 0.05) is 45.1 Å². The Morgan fingerprint density at radius 1 is 1.38 bits per heavy atom. The summed E-state index contributed by atoms with van der Waals surface area (Å²) < 4.78 is 6.43. The lowest BCUT2D eigenvalue weighted by Crippen LogP contribution is -2.42. The van der Waals surface area contributed by atoms with Crippen LogP contribution in [0.4, 0.5) is 0 Å². The second kappa shape index (κ2) is 7.56. The zero-order valence-corrected chi connectivity index (χ0v) is 12.9. The molecule has 1 aromatic rings. The Morgan fingerprint density at radius 2 is 2.19 bits per heavy atom. The zero-order chi connectivity index (χ0) is 15.2. The van der Waals surface area contributed by atoms with Gasteiger partial charge in [-0.25, -0.2) is 4.79 Å². The number of nitrogens with zero attached hydrogens (tertiary/aromatic N) is 2. The number of hydrogen-bond donors (Lipinski definition) is 1. The van der Waals surface area contributed by atoms with E-state index in [2.05, 4.69) is 9.88 Å². The first-order chi connectivity index (χ1) is 10.1. The minimum absolute atomic E-state index is 0.218. The lowest BCUT2D eigenvalue weighted by atomic mass is 9.95. The molecule has 0 amide bonds. The number of rotatable bonds is 6. The molecule has 1 aliphatic rings. The molecule has 1 unspecified atom stereocenters. The smallest absolute Gasteiger partial charge is 0.328 e. The van der Waals surface area contributed by atoms with E-state index in [1.807, 2.05) is 0 Å². The van der Waals surface area contributed by atoms with Crippen LogP contribution in [-0.2, 0) is 11.3 Å². The Balaban J connectivity index is 1.91. The Kier molecular flexibility index (Phi) is 5.76. The molecular formula is C15H25N3O3. The maximum Gasteiger partial charge on any atom is 0.328 e. The van der Waals surface area contributed by atoms with Gasteiger partial charge < -0.3 is 14.6 Å². The highest BCUT2D eigenvalue weighted by molar-refractivity contribution is 4.96. The molecule has 0 aliphatic carbocycles. The summed E-state index contributed by atoms with van der Waals surface area (Å²) in [5.41, 5.74) is 0.0796. The van der Waals surface area contributed by atoms with E-state index in [-0.39, 0.29) is 11.2 Å². The van der Waals surface area contributed by atoms with Crippen LogP contribution in [0.3, 0.4) is 0 Å². The second-order valence-corrected chi connectivity index (χ2v) is 5.84. The second-order valence-electron chi connectivity index (χ2n) is 5.84. The largest absolute Gasteiger partial charge is 0.385 e. The SMILES string of the molecule is COCCC1CCCN(CCn2c(=O)cc(C)[nH]c2=O)C1. The van der Waals surface area contributed by atoms with E-state index in [0.717, 1.165) is 32.7 Å². The van der Waals surface area contributed by atoms with Crippen molar-refractivity contribution in [1.82, 2.24) is 14.5 Å². The van der Waals surface area contributed by atoms with Gasteiger partial charge in [0.2, 0.25) is 0 Å². The van der Waals surface area contributed by atoms with E-state index in [0.29, 0.717) is 18.2 Å². The average molecular weight is 295 g/mol. The topological polar surface area (TPSA) is 67.3 Å². The molecule has 21 heavy (non-hydrogen) atoms. The van der Waals surface area contributed by atoms with Crippen LogP contribution in [0.5, 0.6) is 0 Å². The van der Waals surface area contributed by atoms with Gasteiger partial charge >= 0.3 is 5.69 Å². The highest BCUT2D eigenvalue weighted by Gasteiger charge is 2.19. The number of nitrogens with one attached hydrogen (secondary N) is 1. The Hall–Kier alpha value is -1.40. The summed E-state index contributed by atoms with van der Waals surface area (Å²) in [5, 5.41) is 0. The molecule has 118 valence electrons. The number of methoxy groups -OCH3 is 1. The molecule has 0 saturated carbocycles. The summed E-state index contributed by atoms with van der Waals surface area (Å²) in [4.78, 5) is 28.7. The van der Waals surface area contributed by atoms with E-state index < -0.39 is 0 Å². The van der Waals surface area contributed by atoms with Gasteiger partial charge in [-0.2, -0.15) is 0 Å². The molecule has 1 fully saturated rings. The Labute approximate surface area is 124 Å². The van der Waals surface area contributed by atoms with Gasteiger partial charge in [-0.3, -0.25) is 9.36 Å². The third kappa shape index (κ3) is 4.54. The summed E-state index contributed by atoms with van der Waals surface area (Å²) in [6.45, 7) is 5.79. The quantitative estimate of drug-likeness (QED) is 0.834. The van der Waals surface area contributed by atoms with E-state index in [4.69, 9.17) is 4.74 Å². The number of ether oxygens (including phenoxy) is 1. The van der Waals surface area contributed by atoms with Gasteiger partial charge in [0.25, 0.3) is 5.56 Å². The van der Waals surface area contributed by atoms with Crippen molar-refractivity contribution >= 4 is 0 Å². The van der Waals surface area contributed by atoms with Gasteiger partial charge in [0.1, 0.15) is 0 Å². The van der Waals surface area contributed by atoms with Gasteiger partial charge in [-0.1, -0.05) is 0 Å². The number of aromatic nitrogens is 2. The van der Waals surface area contributed by atoms with Crippen molar-refractivity contribution in [2.75, 3.05) is 33.4 Å². The molecule has 0 spiro atoms. The van der Waals surface area contributed by atoms with Crippen LogP contribution < -0.4 is 11.2 Å². The van der Waals surface area contributed by atoms with Gasteiger partial charge in [0.15, 0.2) is 0 Å². The Bertz CT molecular complexity index is 533. The van der Waals surface area contributed by atoms with Crippen LogP contribution in [0.2, 0.25) is 0 Å². The summed E-state index contributed by atoms with van der Waals surface area (Å²) in [6.07, 6.45) is 3.50. The minimum atomic E-state index is -0.312. The molecule has 0 bridgehead atoms. The molecule has 1 aliphatic heterocycles. The van der Waals surface area contributed by atoms with E-state index in [9.17, 15) is 9.59 Å². The average Bonchev–Trinajstić information content (AvgIpc) is 2.44. The van der Waals surface area contributed by atoms with E-state index in [1.165, 1.54) is 23.5 Å². The van der Waals surface area contributed by atoms with Crippen molar-refractivity contribution < 1.29 is 4.74 Å². The third-order valence-electron chi connectivity index (χ3n) is 4.13. The lowest BCUT2D eigenvalue weighted by molar-refractivity contribution is 0.124.